The molecule has 1 atom stereocenters. The molecule has 3 nitrogen and oxygen atoms in total. The van der Waals surface area contributed by atoms with Gasteiger partial charge < -0.3 is 10.4 Å². The zero-order chi connectivity index (χ0) is 13.7. The van der Waals surface area contributed by atoms with Crippen LogP contribution in [0.3, 0.4) is 0 Å². The molecule has 1 aromatic heterocycles. The summed E-state index contributed by atoms with van der Waals surface area (Å²) in [6.07, 6.45) is 2.91. The third-order valence-electron chi connectivity index (χ3n) is 3.23. The van der Waals surface area contributed by atoms with Gasteiger partial charge in [0.1, 0.15) is 5.75 Å². The summed E-state index contributed by atoms with van der Waals surface area (Å²) in [6.45, 7) is 4.94. The highest BCUT2D eigenvalue weighted by molar-refractivity contribution is 5.28. The van der Waals surface area contributed by atoms with Crippen molar-refractivity contribution in [2.24, 2.45) is 0 Å². The van der Waals surface area contributed by atoms with Gasteiger partial charge in [-0.15, -0.1) is 0 Å². The second kappa shape index (κ2) is 6.34. The van der Waals surface area contributed by atoms with Crippen LogP contribution in [-0.2, 0) is 6.54 Å². The molecule has 1 aromatic carbocycles. The topological polar surface area (TPSA) is 45.2 Å². The largest absolute Gasteiger partial charge is 0.508 e. The third-order valence-corrected chi connectivity index (χ3v) is 3.23. The first-order valence-electron chi connectivity index (χ1n) is 6.63. The van der Waals surface area contributed by atoms with Crippen LogP contribution in [0, 0.1) is 6.92 Å². The molecule has 2 N–H and O–H groups in total. The van der Waals surface area contributed by atoms with Crippen molar-refractivity contribution in [1.29, 1.82) is 0 Å². The number of aromatic nitrogens is 1. The van der Waals surface area contributed by atoms with E-state index in [0.717, 1.165) is 18.7 Å². The van der Waals surface area contributed by atoms with Crippen LogP contribution in [0.4, 0.5) is 0 Å². The fourth-order valence-electron chi connectivity index (χ4n) is 2.05. The second-order valence-corrected chi connectivity index (χ2v) is 4.74. The third kappa shape index (κ3) is 3.80. The van der Waals surface area contributed by atoms with E-state index in [4.69, 9.17) is 0 Å². The maximum Gasteiger partial charge on any atom is 0.115 e. The normalized spacial score (nSPS) is 12.3. The molecule has 2 aromatic rings. The molecule has 0 aliphatic heterocycles. The van der Waals surface area contributed by atoms with E-state index in [-0.39, 0.29) is 0 Å². The summed E-state index contributed by atoms with van der Waals surface area (Å²) >= 11 is 0. The van der Waals surface area contributed by atoms with Crippen LogP contribution in [0.15, 0.2) is 42.6 Å². The number of aromatic hydroxyl groups is 1. The summed E-state index contributed by atoms with van der Waals surface area (Å²) in [5, 5.41) is 12.8. The van der Waals surface area contributed by atoms with Crippen LogP contribution < -0.4 is 5.32 Å². The average Bonchev–Trinajstić information content (AvgIpc) is 2.43. The number of nitrogens with one attached hydrogen (secondary N) is 1. The number of benzene rings is 1. The monoisotopic (exact) mass is 256 g/mol. The van der Waals surface area contributed by atoms with Crippen molar-refractivity contribution in [1.82, 2.24) is 10.3 Å². The predicted molar refractivity (Wildman–Crippen MR) is 77.0 cm³/mol. The summed E-state index contributed by atoms with van der Waals surface area (Å²) < 4.78 is 0. The predicted octanol–water partition coefficient (Wildman–Crippen LogP) is 3.34. The Hall–Kier alpha value is -1.87. The van der Waals surface area contributed by atoms with Crippen molar-refractivity contribution >= 4 is 0 Å². The van der Waals surface area contributed by atoms with Gasteiger partial charge in [-0.05, 0) is 42.7 Å². The molecule has 0 amide bonds. The maximum absolute atomic E-state index is 9.32. The van der Waals surface area contributed by atoms with Crippen LogP contribution in [0.2, 0.25) is 0 Å². The van der Waals surface area contributed by atoms with Gasteiger partial charge in [0.2, 0.25) is 0 Å². The Labute approximate surface area is 114 Å². The van der Waals surface area contributed by atoms with Gasteiger partial charge in [0, 0.05) is 24.5 Å². The Balaban J connectivity index is 1.99. The molecule has 0 bridgehead atoms. The highest BCUT2D eigenvalue weighted by Gasteiger charge is 2.08. The summed E-state index contributed by atoms with van der Waals surface area (Å²) in [5.74, 6) is 0.307. The van der Waals surface area contributed by atoms with Gasteiger partial charge in [-0.25, -0.2) is 0 Å². The van der Waals surface area contributed by atoms with Crippen LogP contribution in [0.5, 0.6) is 5.75 Å². The molecule has 0 aliphatic rings. The average molecular weight is 256 g/mol. The molecule has 100 valence electrons. The number of nitrogens with zero attached hydrogens (tertiary/aromatic N) is 1. The zero-order valence-electron chi connectivity index (χ0n) is 11.4. The lowest BCUT2D eigenvalue weighted by atomic mass is 10.0. The van der Waals surface area contributed by atoms with Crippen molar-refractivity contribution in [2.75, 3.05) is 0 Å². The van der Waals surface area contributed by atoms with Gasteiger partial charge in [-0.2, -0.15) is 0 Å². The van der Waals surface area contributed by atoms with E-state index < -0.39 is 0 Å². The Kier molecular flexibility index (Phi) is 4.53. The van der Waals surface area contributed by atoms with E-state index in [1.807, 2.05) is 31.3 Å². The molecule has 1 heterocycles. The molecular weight excluding hydrogens is 236 g/mol. The Bertz CT molecular complexity index is 505. The smallest absolute Gasteiger partial charge is 0.115 e. The van der Waals surface area contributed by atoms with Crippen molar-refractivity contribution in [3.05, 3.63) is 59.4 Å². The summed E-state index contributed by atoms with van der Waals surface area (Å²) in [7, 11) is 0. The van der Waals surface area contributed by atoms with Crippen LogP contribution in [0.25, 0.3) is 0 Å². The van der Waals surface area contributed by atoms with Crippen molar-refractivity contribution in [2.45, 2.75) is 32.9 Å². The standard InChI is InChI=1S/C16H20N2O/c1-3-16(14-6-8-15(19)9-7-14)18-11-13-5-4-12(2)17-10-13/h4-10,16,18-19H,3,11H2,1-2H3. The van der Waals surface area contributed by atoms with E-state index >= 15 is 0 Å². The lowest BCUT2D eigenvalue weighted by Crippen LogP contribution is -2.20. The molecule has 3 heteroatoms. The molecule has 2 rings (SSSR count). The summed E-state index contributed by atoms with van der Waals surface area (Å²) in [4.78, 5) is 4.29. The number of hydrogen-bond acceptors (Lipinski definition) is 3. The highest BCUT2D eigenvalue weighted by Crippen LogP contribution is 2.19. The van der Waals surface area contributed by atoms with E-state index in [1.54, 1.807) is 12.1 Å². The lowest BCUT2D eigenvalue weighted by molar-refractivity contribution is 0.473. The number of phenolic OH excluding ortho intramolecular Hbond substituents is 1. The Morgan fingerprint density at radius 3 is 2.47 bits per heavy atom. The number of pyridine rings is 1. The summed E-state index contributed by atoms with van der Waals surface area (Å²) in [6, 6.07) is 11.8. The first kappa shape index (κ1) is 13.6. The first-order valence-corrected chi connectivity index (χ1v) is 6.63. The van der Waals surface area contributed by atoms with Crippen molar-refractivity contribution in [3.63, 3.8) is 0 Å². The fourth-order valence-corrected chi connectivity index (χ4v) is 2.05. The highest BCUT2D eigenvalue weighted by atomic mass is 16.3. The number of hydrogen-bond donors (Lipinski definition) is 2. The van der Waals surface area contributed by atoms with Gasteiger partial charge in [0.15, 0.2) is 0 Å². The van der Waals surface area contributed by atoms with Gasteiger partial charge in [0.25, 0.3) is 0 Å². The van der Waals surface area contributed by atoms with Crippen LogP contribution >= 0.6 is 0 Å². The quantitative estimate of drug-likeness (QED) is 0.862. The van der Waals surface area contributed by atoms with Gasteiger partial charge in [-0.3, -0.25) is 4.98 Å². The lowest BCUT2D eigenvalue weighted by Gasteiger charge is -2.17. The molecular formula is C16H20N2O. The van der Waals surface area contributed by atoms with Crippen molar-refractivity contribution in [3.8, 4) is 5.75 Å². The molecule has 0 spiro atoms. The van der Waals surface area contributed by atoms with Gasteiger partial charge >= 0.3 is 0 Å². The molecule has 1 unspecified atom stereocenters. The number of aryl methyl sites for hydroxylation is 1. The molecule has 0 saturated heterocycles. The minimum absolute atomic E-state index is 0.293. The second-order valence-electron chi connectivity index (χ2n) is 4.74. The number of rotatable bonds is 5. The SMILES string of the molecule is CCC(NCc1ccc(C)nc1)c1ccc(O)cc1. The zero-order valence-corrected chi connectivity index (χ0v) is 11.4. The Morgan fingerprint density at radius 1 is 1.16 bits per heavy atom. The minimum Gasteiger partial charge on any atom is -0.508 e. The Morgan fingerprint density at radius 2 is 1.89 bits per heavy atom. The van der Waals surface area contributed by atoms with Crippen molar-refractivity contribution < 1.29 is 5.11 Å². The first-order chi connectivity index (χ1) is 9.19. The van der Waals surface area contributed by atoms with Crippen LogP contribution in [-0.4, -0.2) is 10.1 Å². The molecule has 19 heavy (non-hydrogen) atoms. The fraction of sp³-hybridized carbons (Fsp3) is 0.312. The van der Waals surface area contributed by atoms with E-state index in [9.17, 15) is 5.11 Å². The maximum atomic E-state index is 9.32. The van der Waals surface area contributed by atoms with E-state index in [0.29, 0.717) is 11.8 Å². The molecule has 0 fully saturated rings. The van der Waals surface area contributed by atoms with Gasteiger partial charge in [-0.1, -0.05) is 25.1 Å². The van der Waals surface area contributed by atoms with E-state index in [2.05, 4.69) is 23.3 Å². The molecule has 0 radical (unpaired) electrons. The van der Waals surface area contributed by atoms with Crippen LogP contribution in [0.1, 0.15) is 36.2 Å². The number of phenols is 1. The van der Waals surface area contributed by atoms with Gasteiger partial charge in [0.05, 0.1) is 0 Å². The molecule has 0 saturated carbocycles. The van der Waals surface area contributed by atoms with E-state index in [1.165, 1.54) is 11.1 Å². The summed E-state index contributed by atoms with van der Waals surface area (Å²) in [5.41, 5.74) is 3.41. The minimum atomic E-state index is 0.293. The molecule has 0 aliphatic carbocycles.